The van der Waals surface area contributed by atoms with Crippen LogP contribution in [0.2, 0.25) is 0 Å². The highest BCUT2D eigenvalue weighted by molar-refractivity contribution is 7.21. The molecule has 0 aliphatic rings. The van der Waals surface area contributed by atoms with Gasteiger partial charge in [0.05, 0.1) is 4.88 Å². The fourth-order valence-electron chi connectivity index (χ4n) is 2.44. The Bertz CT molecular complexity index is 761. The molecule has 21 heavy (non-hydrogen) atoms. The minimum Gasteiger partial charge on any atom is -0.351 e. The first-order valence-corrected chi connectivity index (χ1v) is 7.87. The van der Waals surface area contributed by atoms with Crippen LogP contribution in [0.3, 0.4) is 0 Å². The van der Waals surface area contributed by atoms with Gasteiger partial charge in [-0.15, -0.1) is 11.3 Å². The van der Waals surface area contributed by atoms with Crippen molar-refractivity contribution in [1.29, 1.82) is 0 Å². The molecule has 1 N–H and O–H groups in total. The minimum absolute atomic E-state index is 0.0321. The second kappa shape index (κ2) is 6.10. The average molecular weight is 295 g/mol. The van der Waals surface area contributed by atoms with Crippen LogP contribution in [-0.4, -0.2) is 12.5 Å². The lowest BCUT2D eigenvalue weighted by atomic mass is 10.1. The van der Waals surface area contributed by atoms with Crippen molar-refractivity contribution in [3.8, 4) is 0 Å². The van der Waals surface area contributed by atoms with Gasteiger partial charge >= 0.3 is 0 Å². The molecule has 0 saturated carbocycles. The van der Waals surface area contributed by atoms with E-state index in [1.165, 1.54) is 15.6 Å². The molecule has 2 nitrogen and oxygen atoms in total. The van der Waals surface area contributed by atoms with Gasteiger partial charge in [0.15, 0.2) is 0 Å². The van der Waals surface area contributed by atoms with Crippen LogP contribution in [0.15, 0.2) is 54.6 Å². The quantitative estimate of drug-likeness (QED) is 0.768. The van der Waals surface area contributed by atoms with Gasteiger partial charge in [-0.2, -0.15) is 0 Å². The van der Waals surface area contributed by atoms with Gasteiger partial charge in [-0.05, 0) is 35.9 Å². The van der Waals surface area contributed by atoms with Gasteiger partial charge in [0.1, 0.15) is 0 Å². The maximum absolute atomic E-state index is 12.3. The molecule has 0 unspecified atom stereocenters. The van der Waals surface area contributed by atoms with Crippen molar-refractivity contribution in [3.05, 3.63) is 70.6 Å². The minimum atomic E-state index is 0.0321. The standard InChI is InChI=1S/C18H17NOS/c1-13-15-9-5-6-10-16(15)21-17(13)18(20)19-12-11-14-7-3-2-4-8-14/h2-10H,11-12H2,1H3,(H,19,20). The normalized spacial score (nSPS) is 10.7. The predicted molar refractivity (Wildman–Crippen MR) is 89.0 cm³/mol. The van der Waals surface area contributed by atoms with Crippen LogP contribution in [0, 0.1) is 6.92 Å². The lowest BCUT2D eigenvalue weighted by Crippen LogP contribution is -2.25. The fraction of sp³-hybridized carbons (Fsp3) is 0.167. The molecular formula is C18H17NOS. The lowest BCUT2D eigenvalue weighted by molar-refractivity contribution is 0.0957. The SMILES string of the molecule is Cc1c(C(=O)NCCc2ccccc2)sc2ccccc12. The van der Waals surface area contributed by atoms with Gasteiger partial charge in [0.2, 0.25) is 0 Å². The van der Waals surface area contributed by atoms with Crippen molar-refractivity contribution < 1.29 is 4.79 Å². The molecule has 0 radical (unpaired) electrons. The second-order valence-electron chi connectivity index (χ2n) is 5.04. The highest BCUT2D eigenvalue weighted by Crippen LogP contribution is 2.30. The summed E-state index contributed by atoms with van der Waals surface area (Å²) in [6, 6.07) is 18.4. The molecule has 0 spiro atoms. The van der Waals surface area contributed by atoms with Crippen LogP contribution in [0.5, 0.6) is 0 Å². The summed E-state index contributed by atoms with van der Waals surface area (Å²) in [5, 5.41) is 4.20. The van der Waals surface area contributed by atoms with Crippen molar-refractivity contribution in [2.24, 2.45) is 0 Å². The van der Waals surface area contributed by atoms with Crippen LogP contribution in [0.25, 0.3) is 10.1 Å². The third kappa shape index (κ3) is 2.98. The van der Waals surface area contributed by atoms with Crippen molar-refractivity contribution in [3.63, 3.8) is 0 Å². The van der Waals surface area contributed by atoms with E-state index in [1.807, 2.05) is 37.3 Å². The van der Waals surface area contributed by atoms with Gasteiger partial charge in [-0.1, -0.05) is 48.5 Å². The van der Waals surface area contributed by atoms with Gasteiger partial charge in [-0.25, -0.2) is 0 Å². The number of rotatable bonds is 4. The Morgan fingerprint density at radius 3 is 2.52 bits per heavy atom. The zero-order valence-corrected chi connectivity index (χ0v) is 12.7. The summed E-state index contributed by atoms with van der Waals surface area (Å²) >= 11 is 1.57. The summed E-state index contributed by atoms with van der Waals surface area (Å²) in [6.45, 7) is 2.68. The molecule has 1 heterocycles. The smallest absolute Gasteiger partial charge is 0.261 e. The number of fused-ring (bicyclic) bond motifs is 1. The monoisotopic (exact) mass is 295 g/mol. The van der Waals surface area contributed by atoms with E-state index in [4.69, 9.17) is 0 Å². The van der Waals surface area contributed by atoms with Crippen molar-refractivity contribution in [2.75, 3.05) is 6.54 Å². The zero-order valence-electron chi connectivity index (χ0n) is 11.9. The number of nitrogens with one attached hydrogen (secondary N) is 1. The van der Waals surface area contributed by atoms with Gasteiger partial charge in [0.25, 0.3) is 5.91 Å². The van der Waals surface area contributed by atoms with Gasteiger partial charge in [0, 0.05) is 11.2 Å². The highest BCUT2D eigenvalue weighted by atomic mass is 32.1. The summed E-state index contributed by atoms with van der Waals surface area (Å²) in [4.78, 5) is 13.1. The molecule has 0 fully saturated rings. The molecule has 106 valence electrons. The average Bonchev–Trinajstić information content (AvgIpc) is 2.86. The molecule has 3 aromatic rings. The van der Waals surface area contributed by atoms with Crippen LogP contribution < -0.4 is 5.32 Å². The second-order valence-corrected chi connectivity index (χ2v) is 6.10. The van der Waals surface area contributed by atoms with E-state index in [0.29, 0.717) is 6.54 Å². The lowest BCUT2D eigenvalue weighted by Gasteiger charge is -2.04. The van der Waals surface area contributed by atoms with E-state index in [1.54, 1.807) is 11.3 Å². The maximum atomic E-state index is 12.3. The Labute approximate surface area is 128 Å². The molecule has 0 aliphatic carbocycles. The van der Waals surface area contributed by atoms with Crippen LogP contribution >= 0.6 is 11.3 Å². The Morgan fingerprint density at radius 2 is 1.76 bits per heavy atom. The molecule has 0 saturated heterocycles. The molecule has 0 bridgehead atoms. The Kier molecular flexibility index (Phi) is 4.02. The summed E-state index contributed by atoms with van der Waals surface area (Å²) in [5.74, 6) is 0.0321. The Hall–Kier alpha value is -2.13. The summed E-state index contributed by atoms with van der Waals surface area (Å²) in [6.07, 6.45) is 0.858. The van der Waals surface area contributed by atoms with Crippen LogP contribution in [-0.2, 0) is 6.42 Å². The number of hydrogen-bond acceptors (Lipinski definition) is 2. The van der Waals surface area contributed by atoms with E-state index in [9.17, 15) is 4.79 Å². The fourth-order valence-corrected chi connectivity index (χ4v) is 3.56. The number of thiophene rings is 1. The first-order chi connectivity index (χ1) is 10.3. The predicted octanol–water partition coefficient (Wildman–Crippen LogP) is 4.18. The zero-order chi connectivity index (χ0) is 14.7. The molecule has 0 aliphatic heterocycles. The topological polar surface area (TPSA) is 29.1 Å². The highest BCUT2D eigenvalue weighted by Gasteiger charge is 2.14. The molecular weight excluding hydrogens is 278 g/mol. The number of carbonyl (C=O) groups excluding carboxylic acids is 1. The van der Waals surface area contributed by atoms with E-state index < -0.39 is 0 Å². The summed E-state index contributed by atoms with van der Waals surface area (Å²) in [7, 11) is 0. The summed E-state index contributed by atoms with van der Waals surface area (Å²) in [5.41, 5.74) is 2.32. The Balaban J connectivity index is 1.68. The van der Waals surface area contributed by atoms with Gasteiger partial charge < -0.3 is 5.32 Å². The molecule has 1 aromatic heterocycles. The number of benzene rings is 2. The summed E-state index contributed by atoms with van der Waals surface area (Å²) < 4.78 is 1.17. The maximum Gasteiger partial charge on any atom is 0.261 e. The number of aryl methyl sites for hydroxylation is 1. The largest absolute Gasteiger partial charge is 0.351 e. The first-order valence-electron chi connectivity index (χ1n) is 7.06. The molecule has 2 aromatic carbocycles. The Morgan fingerprint density at radius 1 is 1.05 bits per heavy atom. The van der Waals surface area contributed by atoms with E-state index >= 15 is 0 Å². The number of hydrogen-bond donors (Lipinski definition) is 1. The van der Waals surface area contributed by atoms with Crippen LogP contribution in [0.4, 0.5) is 0 Å². The van der Waals surface area contributed by atoms with Crippen LogP contribution in [0.1, 0.15) is 20.8 Å². The third-order valence-corrected chi connectivity index (χ3v) is 4.86. The van der Waals surface area contributed by atoms with Gasteiger partial charge in [-0.3, -0.25) is 4.79 Å². The van der Waals surface area contributed by atoms with E-state index in [2.05, 4.69) is 29.6 Å². The molecule has 1 amide bonds. The van der Waals surface area contributed by atoms with Crippen molar-refractivity contribution >= 4 is 27.3 Å². The first kappa shape index (κ1) is 13.8. The van der Waals surface area contributed by atoms with E-state index in [0.717, 1.165) is 16.9 Å². The van der Waals surface area contributed by atoms with Crippen molar-refractivity contribution in [1.82, 2.24) is 5.32 Å². The third-order valence-electron chi connectivity index (χ3n) is 3.59. The van der Waals surface area contributed by atoms with Crippen molar-refractivity contribution in [2.45, 2.75) is 13.3 Å². The molecule has 3 rings (SSSR count). The number of amides is 1. The number of carbonyl (C=O) groups is 1. The molecule has 0 atom stereocenters. The molecule has 3 heteroatoms. The van der Waals surface area contributed by atoms with E-state index in [-0.39, 0.29) is 5.91 Å².